The van der Waals surface area contributed by atoms with Crippen molar-refractivity contribution < 1.29 is 14.3 Å². The van der Waals surface area contributed by atoms with E-state index < -0.39 is 12.0 Å². The van der Waals surface area contributed by atoms with E-state index in [2.05, 4.69) is 15.4 Å². The SMILES string of the molecule is CC[C@H](C)NC(=O)N[C@@H](CCSC)C(=O)OC. The molecule has 6 heteroatoms. The average Bonchev–Trinajstić information content (AvgIpc) is 2.33. The van der Waals surface area contributed by atoms with Crippen LogP contribution in [0, 0.1) is 0 Å². The third-order valence-electron chi connectivity index (χ3n) is 2.39. The molecule has 0 aliphatic rings. The van der Waals surface area contributed by atoms with Gasteiger partial charge in [-0.3, -0.25) is 0 Å². The van der Waals surface area contributed by atoms with Gasteiger partial charge in [0.25, 0.3) is 0 Å². The molecule has 2 atom stereocenters. The molecular weight excluding hydrogens is 240 g/mol. The third kappa shape index (κ3) is 7.10. The van der Waals surface area contributed by atoms with Crippen molar-refractivity contribution in [2.24, 2.45) is 0 Å². The zero-order valence-corrected chi connectivity index (χ0v) is 11.7. The summed E-state index contributed by atoms with van der Waals surface area (Å²) in [5, 5.41) is 5.38. The van der Waals surface area contributed by atoms with Gasteiger partial charge in [0.15, 0.2) is 0 Å². The Bertz CT molecular complexity index is 249. The molecule has 0 radical (unpaired) electrons. The minimum Gasteiger partial charge on any atom is -0.467 e. The summed E-state index contributed by atoms with van der Waals surface area (Å²) in [5.74, 6) is 0.391. The zero-order chi connectivity index (χ0) is 13.3. The summed E-state index contributed by atoms with van der Waals surface area (Å²) >= 11 is 1.62. The number of urea groups is 1. The number of esters is 1. The van der Waals surface area contributed by atoms with Gasteiger partial charge in [0.2, 0.25) is 0 Å². The maximum absolute atomic E-state index is 11.6. The summed E-state index contributed by atoms with van der Waals surface area (Å²) in [7, 11) is 1.32. The number of hydrogen-bond acceptors (Lipinski definition) is 4. The average molecular weight is 262 g/mol. The summed E-state index contributed by atoms with van der Waals surface area (Å²) in [5.41, 5.74) is 0. The fraction of sp³-hybridized carbons (Fsp3) is 0.818. The molecule has 0 saturated heterocycles. The largest absolute Gasteiger partial charge is 0.467 e. The normalized spacial score (nSPS) is 13.6. The molecule has 0 saturated carbocycles. The number of nitrogens with one attached hydrogen (secondary N) is 2. The second kappa shape index (κ2) is 9.15. The van der Waals surface area contributed by atoms with E-state index in [9.17, 15) is 9.59 Å². The van der Waals surface area contributed by atoms with Crippen molar-refractivity contribution in [2.45, 2.75) is 38.8 Å². The predicted octanol–water partition coefficient (Wildman–Crippen LogP) is 1.38. The maximum Gasteiger partial charge on any atom is 0.328 e. The van der Waals surface area contributed by atoms with E-state index in [1.165, 1.54) is 7.11 Å². The van der Waals surface area contributed by atoms with Crippen LogP contribution in [0.3, 0.4) is 0 Å². The van der Waals surface area contributed by atoms with Crippen LogP contribution in [0.25, 0.3) is 0 Å². The maximum atomic E-state index is 11.6. The number of ether oxygens (including phenoxy) is 1. The highest BCUT2D eigenvalue weighted by Gasteiger charge is 2.21. The van der Waals surface area contributed by atoms with Crippen molar-refractivity contribution >= 4 is 23.8 Å². The molecule has 5 nitrogen and oxygen atoms in total. The van der Waals surface area contributed by atoms with Crippen LogP contribution in [-0.4, -0.2) is 43.2 Å². The van der Waals surface area contributed by atoms with Crippen molar-refractivity contribution in [1.29, 1.82) is 0 Å². The van der Waals surface area contributed by atoms with Crippen molar-refractivity contribution in [3.05, 3.63) is 0 Å². The van der Waals surface area contributed by atoms with Gasteiger partial charge in [0.1, 0.15) is 6.04 Å². The van der Waals surface area contributed by atoms with E-state index in [0.29, 0.717) is 6.42 Å². The molecule has 0 heterocycles. The molecule has 0 unspecified atom stereocenters. The van der Waals surface area contributed by atoms with Crippen LogP contribution in [0.2, 0.25) is 0 Å². The number of carbonyl (C=O) groups is 2. The Morgan fingerprint density at radius 2 is 2.00 bits per heavy atom. The van der Waals surface area contributed by atoms with Crippen molar-refractivity contribution in [3.63, 3.8) is 0 Å². The molecule has 100 valence electrons. The molecular formula is C11H22N2O3S. The zero-order valence-electron chi connectivity index (χ0n) is 10.9. The van der Waals surface area contributed by atoms with Crippen molar-refractivity contribution in [3.8, 4) is 0 Å². The molecule has 2 N–H and O–H groups in total. The molecule has 0 rings (SSSR count). The van der Waals surface area contributed by atoms with E-state index in [-0.39, 0.29) is 12.1 Å². The Kier molecular flexibility index (Phi) is 8.66. The number of hydrogen-bond donors (Lipinski definition) is 2. The lowest BCUT2D eigenvalue weighted by molar-refractivity contribution is -0.142. The second-order valence-electron chi connectivity index (χ2n) is 3.78. The molecule has 17 heavy (non-hydrogen) atoms. The molecule has 0 aromatic carbocycles. The Morgan fingerprint density at radius 3 is 2.47 bits per heavy atom. The molecule has 0 aliphatic carbocycles. The first kappa shape index (κ1) is 16.1. The van der Waals surface area contributed by atoms with Gasteiger partial charge in [-0.25, -0.2) is 9.59 Å². The summed E-state index contributed by atoms with van der Waals surface area (Å²) in [4.78, 5) is 23.0. The van der Waals surface area contributed by atoms with E-state index in [4.69, 9.17) is 0 Å². The van der Waals surface area contributed by atoms with Gasteiger partial charge in [-0.15, -0.1) is 0 Å². The third-order valence-corrected chi connectivity index (χ3v) is 3.04. The van der Waals surface area contributed by atoms with Gasteiger partial charge in [-0.05, 0) is 31.8 Å². The Hall–Kier alpha value is -0.910. The van der Waals surface area contributed by atoms with Crippen LogP contribution in [0.5, 0.6) is 0 Å². The van der Waals surface area contributed by atoms with E-state index in [0.717, 1.165) is 12.2 Å². The first-order chi connectivity index (χ1) is 8.04. The summed E-state index contributed by atoms with van der Waals surface area (Å²) in [6.45, 7) is 3.89. The van der Waals surface area contributed by atoms with E-state index >= 15 is 0 Å². The lowest BCUT2D eigenvalue weighted by Gasteiger charge is -2.18. The van der Waals surface area contributed by atoms with Crippen LogP contribution in [0.1, 0.15) is 26.7 Å². The number of carbonyl (C=O) groups excluding carboxylic acids is 2. The van der Waals surface area contributed by atoms with Gasteiger partial charge in [-0.2, -0.15) is 11.8 Å². The summed E-state index contributed by atoms with van der Waals surface area (Å²) < 4.78 is 4.65. The topological polar surface area (TPSA) is 67.4 Å². The molecule has 2 amide bonds. The fourth-order valence-electron chi connectivity index (χ4n) is 1.15. The van der Waals surface area contributed by atoms with E-state index in [1.54, 1.807) is 11.8 Å². The predicted molar refractivity (Wildman–Crippen MR) is 70.2 cm³/mol. The van der Waals surface area contributed by atoms with Crippen LogP contribution < -0.4 is 10.6 Å². The molecule has 0 bridgehead atoms. The second-order valence-corrected chi connectivity index (χ2v) is 4.77. The van der Waals surface area contributed by atoms with Crippen molar-refractivity contribution in [2.75, 3.05) is 19.1 Å². The number of rotatable bonds is 7. The van der Waals surface area contributed by atoms with Crippen LogP contribution >= 0.6 is 11.8 Å². The van der Waals surface area contributed by atoms with Crippen LogP contribution in [0.15, 0.2) is 0 Å². The minimum atomic E-state index is -0.573. The highest BCUT2D eigenvalue weighted by molar-refractivity contribution is 7.98. The molecule has 0 fully saturated rings. The van der Waals surface area contributed by atoms with Gasteiger partial charge in [0.05, 0.1) is 7.11 Å². The van der Waals surface area contributed by atoms with Gasteiger partial charge in [-0.1, -0.05) is 6.92 Å². The number of methoxy groups -OCH3 is 1. The first-order valence-electron chi connectivity index (χ1n) is 5.68. The molecule has 0 spiro atoms. The highest BCUT2D eigenvalue weighted by Crippen LogP contribution is 2.02. The Morgan fingerprint density at radius 1 is 1.35 bits per heavy atom. The van der Waals surface area contributed by atoms with Crippen LogP contribution in [-0.2, 0) is 9.53 Å². The molecule has 0 aromatic rings. The smallest absolute Gasteiger partial charge is 0.328 e. The van der Waals surface area contributed by atoms with Crippen LogP contribution in [0.4, 0.5) is 4.79 Å². The number of thioether (sulfide) groups is 1. The number of amides is 2. The van der Waals surface area contributed by atoms with Crippen molar-refractivity contribution in [1.82, 2.24) is 10.6 Å². The quantitative estimate of drug-likeness (QED) is 0.680. The van der Waals surface area contributed by atoms with Gasteiger partial charge < -0.3 is 15.4 Å². The summed E-state index contributed by atoms with van der Waals surface area (Å²) in [6, 6.07) is -0.804. The van der Waals surface area contributed by atoms with Gasteiger partial charge >= 0.3 is 12.0 Å². The van der Waals surface area contributed by atoms with E-state index in [1.807, 2.05) is 20.1 Å². The monoisotopic (exact) mass is 262 g/mol. The molecule has 0 aromatic heterocycles. The minimum absolute atomic E-state index is 0.0915. The summed E-state index contributed by atoms with van der Waals surface area (Å²) in [6.07, 6.45) is 3.37. The lowest BCUT2D eigenvalue weighted by Crippen LogP contribution is -2.48. The van der Waals surface area contributed by atoms with Gasteiger partial charge in [0, 0.05) is 6.04 Å². The standard InChI is InChI=1S/C11H22N2O3S/c1-5-8(2)12-11(15)13-9(6-7-17-4)10(14)16-3/h8-9H,5-7H2,1-4H3,(H2,12,13,15)/t8-,9-/m0/s1. The Balaban J connectivity index is 4.22. The fourth-order valence-corrected chi connectivity index (χ4v) is 1.62. The lowest BCUT2D eigenvalue weighted by atomic mass is 10.2. The Labute approximate surface area is 107 Å². The first-order valence-corrected chi connectivity index (χ1v) is 7.08. The highest BCUT2D eigenvalue weighted by atomic mass is 32.2. The molecule has 0 aliphatic heterocycles.